The summed E-state index contributed by atoms with van der Waals surface area (Å²) in [5.74, 6) is 0.432. The SMILES string of the molecule is NC(CSc1ccccc1F)Cc1ccncc1Cl. The second-order valence-corrected chi connectivity index (χ2v) is 5.64. The number of pyridine rings is 1. The molecular weight excluding hydrogens is 283 g/mol. The van der Waals surface area contributed by atoms with Crippen LogP contribution in [0, 0.1) is 5.82 Å². The number of aromatic nitrogens is 1. The van der Waals surface area contributed by atoms with Crippen molar-refractivity contribution in [3.05, 3.63) is 59.1 Å². The first-order valence-corrected chi connectivity index (χ1v) is 7.24. The minimum atomic E-state index is -0.207. The van der Waals surface area contributed by atoms with Gasteiger partial charge in [0.05, 0.1) is 5.02 Å². The molecule has 2 nitrogen and oxygen atoms in total. The third-order valence-corrected chi connectivity index (χ3v) is 4.21. The fourth-order valence-corrected chi connectivity index (χ4v) is 2.76. The average Bonchev–Trinajstić information content (AvgIpc) is 2.40. The summed E-state index contributed by atoms with van der Waals surface area (Å²) in [4.78, 5) is 4.55. The maximum absolute atomic E-state index is 13.4. The van der Waals surface area contributed by atoms with Crippen LogP contribution in [0.25, 0.3) is 0 Å². The smallest absolute Gasteiger partial charge is 0.136 e. The molecular formula is C14H14ClFN2S. The molecule has 0 aliphatic heterocycles. The summed E-state index contributed by atoms with van der Waals surface area (Å²) in [5, 5.41) is 0.619. The second-order valence-electron chi connectivity index (χ2n) is 4.17. The van der Waals surface area contributed by atoms with Crippen molar-refractivity contribution in [3.63, 3.8) is 0 Å². The Balaban J connectivity index is 1.90. The Hall–Kier alpha value is -1.10. The summed E-state index contributed by atoms with van der Waals surface area (Å²) in [6.45, 7) is 0. The Morgan fingerprint density at radius 3 is 2.84 bits per heavy atom. The van der Waals surface area contributed by atoms with Crippen molar-refractivity contribution in [3.8, 4) is 0 Å². The van der Waals surface area contributed by atoms with E-state index < -0.39 is 0 Å². The van der Waals surface area contributed by atoms with Gasteiger partial charge in [-0.25, -0.2) is 4.39 Å². The lowest BCUT2D eigenvalue weighted by molar-refractivity contribution is 0.601. The molecule has 1 heterocycles. The molecule has 0 amide bonds. The van der Waals surface area contributed by atoms with Crippen LogP contribution in [0.2, 0.25) is 5.02 Å². The molecule has 0 radical (unpaired) electrons. The predicted molar refractivity (Wildman–Crippen MR) is 78.1 cm³/mol. The van der Waals surface area contributed by atoms with Crippen molar-refractivity contribution in [2.24, 2.45) is 5.73 Å². The standard InChI is InChI=1S/C14H14ClFN2S/c15-12-8-18-6-5-10(12)7-11(17)9-19-14-4-2-1-3-13(14)16/h1-6,8,11H,7,9,17H2. The summed E-state index contributed by atoms with van der Waals surface area (Å²) < 4.78 is 13.4. The lowest BCUT2D eigenvalue weighted by Crippen LogP contribution is -2.25. The van der Waals surface area contributed by atoms with E-state index in [1.807, 2.05) is 12.1 Å². The van der Waals surface area contributed by atoms with Crippen LogP contribution < -0.4 is 5.73 Å². The number of hydrogen-bond acceptors (Lipinski definition) is 3. The monoisotopic (exact) mass is 296 g/mol. The Labute approximate surface area is 121 Å². The summed E-state index contributed by atoms with van der Waals surface area (Å²) in [5.41, 5.74) is 7.02. The first-order valence-electron chi connectivity index (χ1n) is 5.88. The third-order valence-electron chi connectivity index (χ3n) is 2.63. The minimum Gasteiger partial charge on any atom is -0.327 e. The lowest BCUT2D eigenvalue weighted by atomic mass is 10.1. The summed E-state index contributed by atoms with van der Waals surface area (Å²) in [6, 6.07) is 8.48. The van der Waals surface area contributed by atoms with Crippen LogP contribution in [0.5, 0.6) is 0 Å². The largest absolute Gasteiger partial charge is 0.327 e. The van der Waals surface area contributed by atoms with E-state index in [9.17, 15) is 4.39 Å². The first kappa shape index (κ1) is 14.3. The van der Waals surface area contributed by atoms with Crippen LogP contribution in [0.4, 0.5) is 4.39 Å². The third kappa shape index (κ3) is 4.20. The van der Waals surface area contributed by atoms with Crippen LogP contribution in [0.15, 0.2) is 47.6 Å². The van der Waals surface area contributed by atoms with Crippen LogP contribution in [-0.4, -0.2) is 16.8 Å². The van der Waals surface area contributed by atoms with E-state index in [1.165, 1.54) is 17.8 Å². The van der Waals surface area contributed by atoms with Gasteiger partial charge in [0, 0.05) is 29.1 Å². The summed E-state index contributed by atoms with van der Waals surface area (Å²) >= 11 is 7.45. The Morgan fingerprint density at radius 1 is 1.32 bits per heavy atom. The fourth-order valence-electron chi connectivity index (χ4n) is 1.67. The highest BCUT2D eigenvalue weighted by atomic mass is 35.5. The van der Waals surface area contributed by atoms with Gasteiger partial charge in [-0.05, 0) is 30.2 Å². The van der Waals surface area contributed by atoms with Gasteiger partial charge in [0.25, 0.3) is 0 Å². The van der Waals surface area contributed by atoms with E-state index in [2.05, 4.69) is 4.98 Å². The zero-order valence-corrected chi connectivity index (χ0v) is 11.8. The Bertz CT molecular complexity index is 550. The Kier molecular flexibility index (Phi) is 5.19. The molecule has 0 aliphatic carbocycles. The van der Waals surface area contributed by atoms with Crippen molar-refractivity contribution >= 4 is 23.4 Å². The number of halogens is 2. The van der Waals surface area contributed by atoms with Gasteiger partial charge in [-0.2, -0.15) is 0 Å². The quantitative estimate of drug-likeness (QED) is 0.858. The van der Waals surface area contributed by atoms with E-state index >= 15 is 0 Å². The van der Waals surface area contributed by atoms with E-state index in [0.29, 0.717) is 22.1 Å². The van der Waals surface area contributed by atoms with Crippen molar-refractivity contribution < 1.29 is 4.39 Å². The zero-order chi connectivity index (χ0) is 13.7. The van der Waals surface area contributed by atoms with Crippen LogP contribution in [0.3, 0.4) is 0 Å². The van der Waals surface area contributed by atoms with E-state index in [1.54, 1.807) is 24.5 Å². The van der Waals surface area contributed by atoms with E-state index in [-0.39, 0.29) is 11.9 Å². The summed E-state index contributed by atoms with van der Waals surface area (Å²) in [7, 11) is 0. The van der Waals surface area contributed by atoms with Crippen LogP contribution in [0.1, 0.15) is 5.56 Å². The molecule has 0 bridgehead atoms. The van der Waals surface area contributed by atoms with Gasteiger partial charge in [-0.1, -0.05) is 23.7 Å². The molecule has 2 aromatic rings. The van der Waals surface area contributed by atoms with Gasteiger partial charge in [-0.3, -0.25) is 4.98 Å². The van der Waals surface area contributed by atoms with Crippen LogP contribution >= 0.6 is 23.4 Å². The highest BCUT2D eigenvalue weighted by Gasteiger charge is 2.09. The average molecular weight is 297 g/mol. The maximum Gasteiger partial charge on any atom is 0.136 e. The molecule has 0 fully saturated rings. The maximum atomic E-state index is 13.4. The minimum absolute atomic E-state index is 0.0792. The van der Waals surface area contributed by atoms with E-state index in [0.717, 1.165) is 5.56 Å². The highest BCUT2D eigenvalue weighted by Crippen LogP contribution is 2.23. The molecule has 0 saturated carbocycles. The van der Waals surface area contributed by atoms with Crippen molar-refractivity contribution in [1.29, 1.82) is 0 Å². The van der Waals surface area contributed by atoms with Crippen molar-refractivity contribution in [2.45, 2.75) is 17.4 Å². The number of thioether (sulfide) groups is 1. The van der Waals surface area contributed by atoms with Crippen molar-refractivity contribution in [2.75, 3.05) is 5.75 Å². The lowest BCUT2D eigenvalue weighted by Gasteiger charge is -2.12. The topological polar surface area (TPSA) is 38.9 Å². The molecule has 1 atom stereocenters. The van der Waals surface area contributed by atoms with Gasteiger partial charge in [-0.15, -0.1) is 11.8 Å². The highest BCUT2D eigenvalue weighted by molar-refractivity contribution is 7.99. The zero-order valence-electron chi connectivity index (χ0n) is 10.2. The van der Waals surface area contributed by atoms with Gasteiger partial charge in [0.15, 0.2) is 0 Å². The molecule has 100 valence electrons. The molecule has 0 aliphatic rings. The number of hydrogen-bond donors (Lipinski definition) is 1. The van der Waals surface area contributed by atoms with Gasteiger partial charge in [0.1, 0.15) is 5.82 Å². The molecule has 2 rings (SSSR count). The van der Waals surface area contributed by atoms with Crippen molar-refractivity contribution in [1.82, 2.24) is 4.98 Å². The molecule has 0 saturated heterocycles. The number of nitrogens with two attached hydrogens (primary N) is 1. The predicted octanol–water partition coefficient (Wildman–Crippen LogP) is 3.54. The Morgan fingerprint density at radius 2 is 2.11 bits per heavy atom. The summed E-state index contributed by atoms with van der Waals surface area (Å²) in [6.07, 6.45) is 3.95. The molecule has 1 unspecified atom stereocenters. The van der Waals surface area contributed by atoms with E-state index in [4.69, 9.17) is 17.3 Å². The van der Waals surface area contributed by atoms with Gasteiger partial charge < -0.3 is 5.73 Å². The second kappa shape index (κ2) is 6.89. The number of benzene rings is 1. The van der Waals surface area contributed by atoms with Gasteiger partial charge in [0.2, 0.25) is 0 Å². The molecule has 0 spiro atoms. The number of rotatable bonds is 5. The van der Waals surface area contributed by atoms with Crippen LogP contribution in [-0.2, 0) is 6.42 Å². The normalized spacial score (nSPS) is 12.4. The molecule has 19 heavy (non-hydrogen) atoms. The molecule has 1 aromatic carbocycles. The van der Waals surface area contributed by atoms with Gasteiger partial charge >= 0.3 is 0 Å². The fraction of sp³-hybridized carbons (Fsp3) is 0.214. The molecule has 2 N–H and O–H groups in total. The first-order chi connectivity index (χ1) is 9.16. The number of nitrogens with zero attached hydrogens (tertiary/aromatic N) is 1. The molecule has 5 heteroatoms. The molecule has 1 aromatic heterocycles.